The normalized spacial score (nSPS) is 13.7. The SMILES string of the molecule is Cc1ccc(CN(C(=O)NCCCC(=O)O)C2CC2)cc1C. The number of carboxylic acids is 1. The third-order valence-electron chi connectivity index (χ3n) is 4.02. The number of rotatable bonds is 7. The van der Waals surface area contributed by atoms with Gasteiger partial charge in [-0.2, -0.15) is 0 Å². The first-order valence-electron chi connectivity index (χ1n) is 7.80. The lowest BCUT2D eigenvalue weighted by Gasteiger charge is -2.23. The minimum atomic E-state index is -0.830. The fraction of sp³-hybridized carbons (Fsp3) is 0.529. The molecule has 0 atom stereocenters. The summed E-state index contributed by atoms with van der Waals surface area (Å²) in [6, 6.07) is 6.51. The van der Waals surface area contributed by atoms with Crippen LogP contribution < -0.4 is 5.32 Å². The molecule has 1 saturated carbocycles. The van der Waals surface area contributed by atoms with Crippen LogP contribution in [-0.2, 0) is 11.3 Å². The number of hydrogen-bond donors (Lipinski definition) is 2. The van der Waals surface area contributed by atoms with Gasteiger partial charge in [0.2, 0.25) is 0 Å². The number of nitrogens with one attached hydrogen (secondary N) is 1. The Morgan fingerprint density at radius 2 is 2.00 bits per heavy atom. The molecule has 2 rings (SSSR count). The zero-order valence-electron chi connectivity index (χ0n) is 13.3. The number of nitrogens with zero attached hydrogens (tertiary/aromatic N) is 1. The van der Waals surface area contributed by atoms with Gasteiger partial charge < -0.3 is 15.3 Å². The number of carboxylic acid groups (broad SMARTS) is 1. The number of aliphatic carboxylic acids is 1. The van der Waals surface area contributed by atoms with E-state index in [4.69, 9.17) is 5.11 Å². The molecular formula is C17H24N2O3. The highest BCUT2D eigenvalue weighted by Gasteiger charge is 2.32. The fourth-order valence-electron chi connectivity index (χ4n) is 2.39. The Labute approximate surface area is 131 Å². The minimum absolute atomic E-state index is 0.0842. The smallest absolute Gasteiger partial charge is 0.317 e. The molecule has 5 heteroatoms. The first-order chi connectivity index (χ1) is 10.5. The molecule has 0 heterocycles. The second-order valence-corrected chi connectivity index (χ2v) is 6.01. The first kappa shape index (κ1) is 16.3. The van der Waals surface area contributed by atoms with Gasteiger partial charge in [-0.25, -0.2) is 4.79 Å². The second kappa shape index (κ2) is 7.29. The van der Waals surface area contributed by atoms with E-state index in [9.17, 15) is 9.59 Å². The zero-order chi connectivity index (χ0) is 16.1. The molecule has 0 unspecified atom stereocenters. The van der Waals surface area contributed by atoms with Crippen LogP contribution in [0.5, 0.6) is 0 Å². The van der Waals surface area contributed by atoms with Gasteiger partial charge in [0.05, 0.1) is 0 Å². The van der Waals surface area contributed by atoms with Crippen molar-refractivity contribution in [1.82, 2.24) is 10.2 Å². The van der Waals surface area contributed by atoms with Crippen molar-refractivity contribution in [2.75, 3.05) is 6.54 Å². The van der Waals surface area contributed by atoms with Crippen molar-refractivity contribution in [3.63, 3.8) is 0 Å². The fourth-order valence-corrected chi connectivity index (χ4v) is 2.39. The van der Waals surface area contributed by atoms with E-state index in [0.29, 0.717) is 25.6 Å². The van der Waals surface area contributed by atoms with Crippen molar-refractivity contribution >= 4 is 12.0 Å². The number of aryl methyl sites for hydroxylation is 2. The molecule has 1 aliphatic carbocycles. The molecule has 2 amide bonds. The van der Waals surface area contributed by atoms with Crippen LogP contribution in [0.1, 0.15) is 42.4 Å². The second-order valence-electron chi connectivity index (χ2n) is 6.01. The molecule has 0 bridgehead atoms. The molecule has 0 aliphatic heterocycles. The van der Waals surface area contributed by atoms with Crippen molar-refractivity contribution in [2.24, 2.45) is 0 Å². The van der Waals surface area contributed by atoms with Gasteiger partial charge >= 0.3 is 12.0 Å². The average Bonchev–Trinajstić information content (AvgIpc) is 3.29. The number of amides is 2. The van der Waals surface area contributed by atoms with Gasteiger partial charge in [-0.05, 0) is 49.8 Å². The lowest BCUT2D eigenvalue weighted by atomic mass is 10.1. The molecular weight excluding hydrogens is 280 g/mol. The van der Waals surface area contributed by atoms with Gasteiger partial charge in [0.25, 0.3) is 0 Å². The molecule has 0 aromatic heterocycles. The Bertz CT molecular complexity index is 553. The summed E-state index contributed by atoms with van der Waals surface area (Å²) in [5.41, 5.74) is 3.62. The molecule has 1 aliphatic rings. The Balaban J connectivity index is 1.90. The summed E-state index contributed by atoms with van der Waals surface area (Å²) in [5, 5.41) is 11.4. The van der Waals surface area contributed by atoms with E-state index in [1.165, 1.54) is 11.1 Å². The monoisotopic (exact) mass is 304 g/mol. The van der Waals surface area contributed by atoms with Gasteiger partial charge in [0.1, 0.15) is 0 Å². The molecule has 22 heavy (non-hydrogen) atoms. The van der Waals surface area contributed by atoms with E-state index in [1.807, 2.05) is 4.90 Å². The van der Waals surface area contributed by atoms with Gasteiger partial charge in [-0.15, -0.1) is 0 Å². The van der Waals surface area contributed by atoms with Crippen LogP contribution in [0.2, 0.25) is 0 Å². The molecule has 5 nitrogen and oxygen atoms in total. The van der Waals surface area contributed by atoms with Crippen LogP contribution in [0.4, 0.5) is 4.79 Å². The maximum atomic E-state index is 12.3. The van der Waals surface area contributed by atoms with Gasteiger partial charge in [0.15, 0.2) is 0 Å². The molecule has 120 valence electrons. The van der Waals surface area contributed by atoms with E-state index in [2.05, 4.69) is 37.4 Å². The summed E-state index contributed by atoms with van der Waals surface area (Å²) in [7, 11) is 0. The van der Waals surface area contributed by atoms with Gasteiger partial charge in [0, 0.05) is 25.6 Å². The summed E-state index contributed by atoms with van der Waals surface area (Å²) >= 11 is 0. The average molecular weight is 304 g/mol. The van der Waals surface area contributed by atoms with Crippen molar-refractivity contribution in [3.05, 3.63) is 34.9 Å². The summed E-state index contributed by atoms with van der Waals surface area (Å²) < 4.78 is 0. The molecule has 1 aromatic carbocycles. The van der Waals surface area contributed by atoms with Gasteiger partial charge in [-0.1, -0.05) is 18.2 Å². The number of urea groups is 1. The summed E-state index contributed by atoms with van der Waals surface area (Å²) in [4.78, 5) is 24.6. The maximum Gasteiger partial charge on any atom is 0.317 e. The molecule has 2 N–H and O–H groups in total. The predicted octanol–water partition coefficient (Wildman–Crippen LogP) is 2.84. The largest absolute Gasteiger partial charge is 0.481 e. The van der Waals surface area contributed by atoms with Crippen molar-refractivity contribution in [3.8, 4) is 0 Å². The summed E-state index contributed by atoms with van der Waals surface area (Å²) in [5.74, 6) is -0.830. The van der Waals surface area contributed by atoms with Crippen LogP contribution in [0.15, 0.2) is 18.2 Å². The summed E-state index contributed by atoms with van der Waals surface area (Å²) in [6.45, 7) is 5.16. The third kappa shape index (κ3) is 4.76. The Hall–Kier alpha value is -2.04. The van der Waals surface area contributed by atoms with Crippen LogP contribution >= 0.6 is 0 Å². The van der Waals surface area contributed by atoms with Crippen molar-refractivity contribution in [2.45, 2.75) is 52.1 Å². The lowest BCUT2D eigenvalue weighted by molar-refractivity contribution is -0.137. The predicted molar refractivity (Wildman–Crippen MR) is 84.7 cm³/mol. The lowest BCUT2D eigenvalue weighted by Crippen LogP contribution is -2.41. The highest BCUT2D eigenvalue weighted by molar-refractivity contribution is 5.75. The maximum absolute atomic E-state index is 12.3. The standard InChI is InChI=1S/C17H24N2O3/c1-12-5-6-14(10-13(12)2)11-19(15-7-8-15)17(22)18-9-3-4-16(20)21/h5-6,10,15H,3-4,7-9,11H2,1-2H3,(H,18,22)(H,20,21). The van der Waals surface area contributed by atoms with E-state index >= 15 is 0 Å². The van der Waals surface area contributed by atoms with E-state index in [1.54, 1.807) is 0 Å². The number of benzene rings is 1. The Kier molecular flexibility index (Phi) is 5.41. The first-order valence-corrected chi connectivity index (χ1v) is 7.80. The molecule has 0 saturated heterocycles. The van der Waals surface area contributed by atoms with Crippen LogP contribution in [0.25, 0.3) is 0 Å². The van der Waals surface area contributed by atoms with Crippen LogP contribution in [0.3, 0.4) is 0 Å². The highest BCUT2D eigenvalue weighted by atomic mass is 16.4. The third-order valence-corrected chi connectivity index (χ3v) is 4.02. The molecule has 1 fully saturated rings. The van der Waals surface area contributed by atoms with E-state index in [0.717, 1.165) is 18.4 Å². The number of carbonyl (C=O) groups is 2. The van der Waals surface area contributed by atoms with Crippen LogP contribution in [-0.4, -0.2) is 34.6 Å². The topological polar surface area (TPSA) is 69.6 Å². The Morgan fingerprint density at radius 3 is 2.59 bits per heavy atom. The zero-order valence-corrected chi connectivity index (χ0v) is 13.3. The Morgan fingerprint density at radius 1 is 1.27 bits per heavy atom. The number of hydrogen-bond acceptors (Lipinski definition) is 2. The van der Waals surface area contributed by atoms with Crippen molar-refractivity contribution in [1.29, 1.82) is 0 Å². The molecule has 0 spiro atoms. The van der Waals surface area contributed by atoms with E-state index in [-0.39, 0.29) is 12.5 Å². The number of carbonyl (C=O) groups excluding carboxylic acids is 1. The van der Waals surface area contributed by atoms with Crippen molar-refractivity contribution < 1.29 is 14.7 Å². The van der Waals surface area contributed by atoms with Crippen LogP contribution in [0, 0.1) is 13.8 Å². The minimum Gasteiger partial charge on any atom is -0.481 e. The quantitative estimate of drug-likeness (QED) is 0.761. The molecule has 1 aromatic rings. The summed E-state index contributed by atoms with van der Waals surface area (Å²) in [6.07, 6.45) is 2.64. The highest BCUT2D eigenvalue weighted by Crippen LogP contribution is 2.28. The van der Waals surface area contributed by atoms with Gasteiger partial charge in [-0.3, -0.25) is 4.79 Å². The van der Waals surface area contributed by atoms with E-state index < -0.39 is 5.97 Å². The molecule has 0 radical (unpaired) electrons.